The molecule has 2 aromatic carbocycles. The van der Waals surface area contributed by atoms with E-state index in [1.54, 1.807) is 0 Å². The fourth-order valence-electron chi connectivity index (χ4n) is 2.11. The van der Waals surface area contributed by atoms with Crippen molar-refractivity contribution >= 4 is 28.4 Å². The predicted octanol–water partition coefficient (Wildman–Crippen LogP) is 3.99. The predicted molar refractivity (Wildman–Crippen MR) is 77.2 cm³/mol. The minimum atomic E-state index is -0.418. The van der Waals surface area contributed by atoms with Crippen LogP contribution in [-0.4, -0.2) is 4.98 Å². The van der Waals surface area contributed by atoms with E-state index in [4.69, 9.17) is 21.8 Å². The average Bonchev–Trinajstić information content (AvgIpc) is 2.80. The molecule has 0 saturated carbocycles. The van der Waals surface area contributed by atoms with Crippen molar-refractivity contribution in [2.45, 2.75) is 12.8 Å². The summed E-state index contributed by atoms with van der Waals surface area (Å²) in [4.78, 5) is 4.25. The van der Waals surface area contributed by atoms with Crippen LogP contribution < -0.4 is 5.73 Å². The van der Waals surface area contributed by atoms with Gasteiger partial charge in [0, 0.05) is 18.2 Å². The van der Waals surface area contributed by atoms with E-state index in [9.17, 15) is 4.39 Å². The number of nitrogen functional groups attached to an aromatic ring is 1. The average molecular weight is 291 g/mol. The highest BCUT2D eigenvalue weighted by molar-refractivity contribution is 6.34. The van der Waals surface area contributed by atoms with E-state index < -0.39 is 5.82 Å². The fraction of sp³-hybridized carbons (Fsp3) is 0.133. The molecule has 3 aromatic rings. The van der Waals surface area contributed by atoms with E-state index in [1.807, 2.05) is 24.3 Å². The third-order valence-electron chi connectivity index (χ3n) is 3.03. The number of aryl methyl sites for hydroxylation is 2. The normalized spacial score (nSPS) is 11.1. The Morgan fingerprint density at radius 1 is 1.20 bits per heavy atom. The van der Waals surface area contributed by atoms with Crippen LogP contribution in [-0.2, 0) is 12.8 Å². The minimum Gasteiger partial charge on any atom is -0.439 e. The van der Waals surface area contributed by atoms with Crippen LogP contribution in [0.5, 0.6) is 0 Å². The molecule has 0 aliphatic heterocycles. The van der Waals surface area contributed by atoms with Gasteiger partial charge in [0.15, 0.2) is 11.5 Å². The van der Waals surface area contributed by atoms with Crippen molar-refractivity contribution in [3.63, 3.8) is 0 Å². The summed E-state index contributed by atoms with van der Waals surface area (Å²) in [6.45, 7) is 0. The van der Waals surface area contributed by atoms with Crippen LogP contribution in [0.3, 0.4) is 0 Å². The fourth-order valence-corrected chi connectivity index (χ4v) is 2.35. The number of benzene rings is 2. The molecule has 1 aromatic heterocycles. The first kappa shape index (κ1) is 12.9. The zero-order chi connectivity index (χ0) is 14.1. The number of hydrogen-bond acceptors (Lipinski definition) is 3. The quantitative estimate of drug-likeness (QED) is 0.742. The Hall–Kier alpha value is -2.07. The van der Waals surface area contributed by atoms with Gasteiger partial charge in [0.1, 0.15) is 11.3 Å². The number of halogens is 2. The second-order valence-corrected chi connectivity index (χ2v) is 5.00. The minimum absolute atomic E-state index is 0.239. The summed E-state index contributed by atoms with van der Waals surface area (Å²) in [5.74, 6) is 0.119. The van der Waals surface area contributed by atoms with Gasteiger partial charge in [-0.05, 0) is 30.2 Å². The van der Waals surface area contributed by atoms with Gasteiger partial charge in [0.25, 0.3) is 0 Å². The zero-order valence-corrected chi connectivity index (χ0v) is 11.3. The topological polar surface area (TPSA) is 52.0 Å². The van der Waals surface area contributed by atoms with Crippen LogP contribution in [0.1, 0.15) is 11.5 Å². The lowest BCUT2D eigenvalue weighted by Crippen LogP contribution is -1.93. The van der Waals surface area contributed by atoms with Crippen LogP contribution in [0.15, 0.2) is 40.8 Å². The number of anilines is 1. The summed E-state index contributed by atoms with van der Waals surface area (Å²) in [5.41, 5.74) is 8.42. The number of nitrogens with two attached hydrogens (primary N) is 1. The molecular weight excluding hydrogens is 279 g/mol. The first-order valence-corrected chi connectivity index (χ1v) is 6.58. The number of aromatic nitrogens is 1. The molecule has 0 saturated heterocycles. The van der Waals surface area contributed by atoms with Crippen LogP contribution >= 0.6 is 11.6 Å². The Labute approximate surface area is 120 Å². The lowest BCUT2D eigenvalue weighted by Gasteiger charge is -1.99. The zero-order valence-electron chi connectivity index (χ0n) is 10.6. The molecule has 3 nitrogen and oxygen atoms in total. The van der Waals surface area contributed by atoms with E-state index >= 15 is 0 Å². The molecule has 0 amide bonds. The standard InChI is InChI=1S/C15H12ClFN2O/c16-12-7-10(17)8-13-15(12)20-14(19-13)5-4-9-2-1-3-11(18)6-9/h1-3,6-8H,4-5,18H2. The van der Waals surface area contributed by atoms with Gasteiger partial charge in [-0.3, -0.25) is 0 Å². The monoisotopic (exact) mass is 290 g/mol. The summed E-state index contributed by atoms with van der Waals surface area (Å²) in [5, 5.41) is 0.239. The van der Waals surface area contributed by atoms with E-state index in [1.165, 1.54) is 12.1 Å². The first-order chi connectivity index (χ1) is 9.61. The molecule has 20 heavy (non-hydrogen) atoms. The van der Waals surface area contributed by atoms with Crippen LogP contribution in [0.25, 0.3) is 11.1 Å². The molecule has 5 heteroatoms. The highest BCUT2D eigenvalue weighted by Gasteiger charge is 2.11. The summed E-state index contributed by atoms with van der Waals surface area (Å²) < 4.78 is 18.8. The smallest absolute Gasteiger partial charge is 0.195 e. The molecule has 0 radical (unpaired) electrons. The van der Waals surface area contributed by atoms with E-state index in [0.717, 1.165) is 17.7 Å². The van der Waals surface area contributed by atoms with Gasteiger partial charge in [-0.2, -0.15) is 0 Å². The summed E-state index contributed by atoms with van der Waals surface area (Å²) in [6.07, 6.45) is 1.36. The molecule has 0 fully saturated rings. The summed E-state index contributed by atoms with van der Waals surface area (Å²) in [6, 6.07) is 10.2. The van der Waals surface area contributed by atoms with Gasteiger partial charge in [-0.1, -0.05) is 23.7 Å². The maximum absolute atomic E-state index is 13.2. The van der Waals surface area contributed by atoms with Crippen molar-refractivity contribution in [2.75, 3.05) is 5.73 Å². The van der Waals surface area contributed by atoms with Gasteiger partial charge in [-0.15, -0.1) is 0 Å². The molecule has 0 unspecified atom stereocenters. The van der Waals surface area contributed by atoms with Crippen molar-refractivity contribution in [1.82, 2.24) is 4.98 Å². The van der Waals surface area contributed by atoms with Crippen molar-refractivity contribution in [3.8, 4) is 0 Å². The maximum atomic E-state index is 13.2. The molecule has 0 aliphatic rings. The summed E-state index contributed by atoms with van der Waals surface area (Å²) in [7, 11) is 0. The van der Waals surface area contributed by atoms with Crippen LogP contribution in [0.2, 0.25) is 5.02 Å². The molecule has 102 valence electrons. The molecule has 0 bridgehead atoms. The number of rotatable bonds is 3. The number of oxazole rings is 1. The Morgan fingerprint density at radius 2 is 2.05 bits per heavy atom. The van der Waals surface area contributed by atoms with Gasteiger partial charge >= 0.3 is 0 Å². The van der Waals surface area contributed by atoms with Crippen molar-refractivity contribution in [1.29, 1.82) is 0 Å². The van der Waals surface area contributed by atoms with Crippen LogP contribution in [0.4, 0.5) is 10.1 Å². The van der Waals surface area contributed by atoms with E-state index in [0.29, 0.717) is 23.4 Å². The lowest BCUT2D eigenvalue weighted by atomic mass is 10.1. The van der Waals surface area contributed by atoms with Crippen molar-refractivity contribution in [2.24, 2.45) is 0 Å². The van der Waals surface area contributed by atoms with Gasteiger partial charge in [0.05, 0.1) is 5.02 Å². The second-order valence-electron chi connectivity index (χ2n) is 4.59. The number of hydrogen-bond donors (Lipinski definition) is 1. The molecule has 2 N–H and O–H groups in total. The Kier molecular flexibility index (Phi) is 3.32. The van der Waals surface area contributed by atoms with Crippen molar-refractivity contribution in [3.05, 3.63) is 58.7 Å². The SMILES string of the molecule is Nc1cccc(CCc2nc3cc(F)cc(Cl)c3o2)c1. The molecule has 1 heterocycles. The Bertz CT molecular complexity index is 770. The Balaban J connectivity index is 1.83. The van der Waals surface area contributed by atoms with Gasteiger partial charge < -0.3 is 10.2 Å². The first-order valence-electron chi connectivity index (χ1n) is 6.21. The van der Waals surface area contributed by atoms with E-state index in [2.05, 4.69) is 4.98 Å². The molecule has 3 rings (SSSR count). The lowest BCUT2D eigenvalue weighted by molar-refractivity contribution is 0.528. The van der Waals surface area contributed by atoms with Crippen molar-refractivity contribution < 1.29 is 8.81 Å². The second kappa shape index (κ2) is 5.13. The molecule has 0 atom stereocenters. The van der Waals surface area contributed by atoms with E-state index in [-0.39, 0.29) is 5.02 Å². The number of fused-ring (bicyclic) bond motifs is 1. The number of nitrogens with zero attached hydrogens (tertiary/aromatic N) is 1. The van der Waals surface area contributed by atoms with Gasteiger partial charge in [0.2, 0.25) is 0 Å². The molecule has 0 spiro atoms. The maximum Gasteiger partial charge on any atom is 0.195 e. The molecular formula is C15H12ClFN2O. The Morgan fingerprint density at radius 3 is 2.85 bits per heavy atom. The van der Waals surface area contributed by atoms with Crippen LogP contribution in [0, 0.1) is 5.82 Å². The summed E-state index contributed by atoms with van der Waals surface area (Å²) >= 11 is 5.92. The largest absolute Gasteiger partial charge is 0.439 e. The molecule has 0 aliphatic carbocycles. The highest BCUT2D eigenvalue weighted by Crippen LogP contribution is 2.26. The highest BCUT2D eigenvalue weighted by atomic mass is 35.5. The third-order valence-corrected chi connectivity index (χ3v) is 3.31. The van der Waals surface area contributed by atoms with Gasteiger partial charge in [-0.25, -0.2) is 9.37 Å². The third kappa shape index (κ3) is 2.60.